The van der Waals surface area contributed by atoms with Crippen LogP contribution < -0.4 is 10.6 Å². The summed E-state index contributed by atoms with van der Waals surface area (Å²) in [6.07, 6.45) is 2.10. The first-order valence-corrected chi connectivity index (χ1v) is 6.26. The first-order chi connectivity index (χ1) is 9.29. The summed E-state index contributed by atoms with van der Waals surface area (Å²) < 4.78 is 0. The summed E-state index contributed by atoms with van der Waals surface area (Å²) in [6.45, 7) is 3.43. The Morgan fingerprint density at radius 2 is 2.11 bits per heavy atom. The molecule has 1 heterocycles. The summed E-state index contributed by atoms with van der Waals surface area (Å²) in [6, 6.07) is 7.41. The van der Waals surface area contributed by atoms with Crippen LogP contribution in [0.5, 0.6) is 0 Å². The van der Waals surface area contributed by atoms with E-state index in [4.69, 9.17) is 0 Å². The highest BCUT2D eigenvalue weighted by molar-refractivity contribution is 5.94. The zero-order valence-electron chi connectivity index (χ0n) is 10.8. The summed E-state index contributed by atoms with van der Waals surface area (Å²) >= 11 is 0. The van der Waals surface area contributed by atoms with Crippen molar-refractivity contribution in [3.63, 3.8) is 0 Å². The molecule has 2 rings (SSSR count). The Labute approximate surface area is 111 Å². The van der Waals surface area contributed by atoms with Gasteiger partial charge in [-0.05, 0) is 31.2 Å². The van der Waals surface area contributed by atoms with Crippen molar-refractivity contribution in [2.45, 2.75) is 13.3 Å². The lowest BCUT2D eigenvalue weighted by atomic mass is 10.2. The van der Waals surface area contributed by atoms with Gasteiger partial charge in [-0.1, -0.05) is 0 Å². The summed E-state index contributed by atoms with van der Waals surface area (Å²) in [5.41, 5.74) is 1.67. The van der Waals surface area contributed by atoms with E-state index in [0.29, 0.717) is 18.5 Å². The van der Waals surface area contributed by atoms with E-state index in [1.54, 1.807) is 0 Å². The van der Waals surface area contributed by atoms with Gasteiger partial charge < -0.3 is 10.6 Å². The molecule has 0 bridgehead atoms. The van der Waals surface area contributed by atoms with Gasteiger partial charge in [-0.2, -0.15) is 5.10 Å². The molecule has 0 radical (unpaired) electrons. The minimum absolute atomic E-state index is 0.0810. The number of nitrogens with one attached hydrogen (secondary N) is 3. The van der Waals surface area contributed by atoms with Gasteiger partial charge in [0.25, 0.3) is 5.91 Å². The number of carbonyl (C=O) groups excluding carboxylic acids is 1. The highest BCUT2D eigenvalue weighted by Crippen LogP contribution is 2.08. The molecular formula is C13H17N5O. The van der Waals surface area contributed by atoms with Crippen molar-refractivity contribution in [3.8, 4) is 0 Å². The number of hydrogen-bond donors (Lipinski definition) is 3. The standard InChI is InChI=1S/C13H17N5O/c1-2-14-11-5-3-10(4-6-11)13(19)15-8-7-12-16-9-17-18-12/h3-6,9,14H,2,7-8H2,1H3,(H,15,19)(H,16,17,18). The molecule has 0 aliphatic rings. The van der Waals surface area contributed by atoms with E-state index in [1.807, 2.05) is 31.2 Å². The number of anilines is 1. The molecule has 6 nitrogen and oxygen atoms in total. The monoisotopic (exact) mass is 259 g/mol. The molecule has 0 saturated heterocycles. The number of aromatic amines is 1. The van der Waals surface area contributed by atoms with E-state index in [9.17, 15) is 4.79 Å². The maximum Gasteiger partial charge on any atom is 0.251 e. The fraction of sp³-hybridized carbons (Fsp3) is 0.308. The Hall–Kier alpha value is -2.37. The van der Waals surface area contributed by atoms with E-state index in [2.05, 4.69) is 25.8 Å². The highest BCUT2D eigenvalue weighted by atomic mass is 16.1. The smallest absolute Gasteiger partial charge is 0.251 e. The maximum absolute atomic E-state index is 11.9. The van der Waals surface area contributed by atoms with E-state index < -0.39 is 0 Å². The summed E-state index contributed by atoms with van der Waals surface area (Å²) in [5, 5.41) is 12.5. The number of hydrogen-bond acceptors (Lipinski definition) is 4. The average Bonchev–Trinajstić information content (AvgIpc) is 2.93. The van der Waals surface area contributed by atoms with Crippen LogP contribution in [0.3, 0.4) is 0 Å². The second kappa shape index (κ2) is 6.53. The maximum atomic E-state index is 11.9. The Morgan fingerprint density at radius 3 is 2.74 bits per heavy atom. The van der Waals surface area contributed by atoms with E-state index >= 15 is 0 Å². The first-order valence-electron chi connectivity index (χ1n) is 6.26. The third-order valence-electron chi connectivity index (χ3n) is 2.64. The molecule has 0 fully saturated rings. The van der Waals surface area contributed by atoms with Crippen molar-refractivity contribution in [2.24, 2.45) is 0 Å². The van der Waals surface area contributed by atoms with Crippen LogP contribution in [0.15, 0.2) is 30.6 Å². The molecule has 100 valence electrons. The number of carbonyl (C=O) groups is 1. The van der Waals surface area contributed by atoms with Gasteiger partial charge in [0.2, 0.25) is 0 Å². The van der Waals surface area contributed by atoms with Crippen molar-refractivity contribution in [3.05, 3.63) is 42.0 Å². The predicted octanol–water partition coefficient (Wildman–Crippen LogP) is 1.21. The zero-order valence-corrected chi connectivity index (χ0v) is 10.8. The summed E-state index contributed by atoms with van der Waals surface area (Å²) in [5.74, 6) is 0.686. The van der Waals surface area contributed by atoms with E-state index in [1.165, 1.54) is 6.33 Å². The van der Waals surface area contributed by atoms with Crippen molar-refractivity contribution in [1.82, 2.24) is 20.5 Å². The van der Waals surface area contributed by atoms with Crippen LogP contribution in [0.25, 0.3) is 0 Å². The quantitative estimate of drug-likeness (QED) is 0.728. The van der Waals surface area contributed by atoms with Crippen molar-refractivity contribution in [1.29, 1.82) is 0 Å². The average molecular weight is 259 g/mol. The van der Waals surface area contributed by atoms with Gasteiger partial charge in [-0.3, -0.25) is 9.89 Å². The molecular weight excluding hydrogens is 242 g/mol. The van der Waals surface area contributed by atoms with Crippen LogP contribution in [0.2, 0.25) is 0 Å². The Morgan fingerprint density at radius 1 is 1.32 bits per heavy atom. The van der Waals surface area contributed by atoms with Crippen LogP contribution in [-0.2, 0) is 6.42 Å². The molecule has 1 aromatic heterocycles. The fourth-order valence-electron chi connectivity index (χ4n) is 1.69. The lowest BCUT2D eigenvalue weighted by Gasteiger charge is -2.06. The zero-order chi connectivity index (χ0) is 13.5. The molecule has 0 atom stereocenters. The number of benzene rings is 1. The van der Waals surface area contributed by atoms with Gasteiger partial charge in [-0.15, -0.1) is 0 Å². The van der Waals surface area contributed by atoms with Crippen molar-refractivity contribution < 1.29 is 4.79 Å². The normalized spacial score (nSPS) is 10.2. The molecule has 3 N–H and O–H groups in total. The SMILES string of the molecule is CCNc1ccc(C(=O)NCCc2ncn[nH]2)cc1. The summed E-state index contributed by atoms with van der Waals surface area (Å²) in [7, 11) is 0. The van der Waals surface area contributed by atoms with Gasteiger partial charge in [-0.25, -0.2) is 4.98 Å². The van der Waals surface area contributed by atoms with E-state index in [-0.39, 0.29) is 5.91 Å². The summed E-state index contributed by atoms with van der Waals surface area (Å²) in [4.78, 5) is 15.9. The van der Waals surface area contributed by atoms with Gasteiger partial charge >= 0.3 is 0 Å². The van der Waals surface area contributed by atoms with Crippen molar-refractivity contribution >= 4 is 11.6 Å². The molecule has 1 aromatic carbocycles. The number of aromatic nitrogens is 3. The van der Waals surface area contributed by atoms with Crippen LogP contribution in [0.4, 0.5) is 5.69 Å². The highest BCUT2D eigenvalue weighted by Gasteiger charge is 2.05. The fourth-order valence-corrected chi connectivity index (χ4v) is 1.69. The topological polar surface area (TPSA) is 82.7 Å². The Balaban J connectivity index is 1.82. The Kier molecular flexibility index (Phi) is 4.49. The number of H-pyrrole nitrogens is 1. The van der Waals surface area contributed by atoms with Gasteiger partial charge in [0, 0.05) is 30.8 Å². The molecule has 19 heavy (non-hydrogen) atoms. The first kappa shape index (κ1) is 13.1. The van der Waals surface area contributed by atoms with Crippen LogP contribution in [-0.4, -0.2) is 34.2 Å². The third-order valence-corrected chi connectivity index (χ3v) is 2.64. The van der Waals surface area contributed by atoms with Crippen LogP contribution in [0.1, 0.15) is 23.1 Å². The third kappa shape index (κ3) is 3.80. The molecule has 2 aromatic rings. The minimum atomic E-state index is -0.0810. The van der Waals surface area contributed by atoms with E-state index in [0.717, 1.165) is 18.1 Å². The lowest BCUT2D eigenvalue weighted by Crippen LogP contribution is -2.25. The largest absolute Gasteiger partial charge is 0.385 e. The molecule has 0 saturated carbocycles. The molecule has 0 aliphatic carbocycles. The van der Waals surface area contributed by atoms with Gasteiger partial charge in [0.1, 0.15) is 12.2 Å². The molecule has 0 spiro atoms. The van der Waals surface area contributed by atoms with Gasteiger partial charge in [0.05, 0.1) is 0 Å². The molecule has 1 amide bonds. The Bertz CT molecular complexity index is 506. The predicted molar refractivity (Wildman–Crippen MR) is 73.0 cm³/mol. The number of nitrogens with zero attached hydrogens (tertiary/aromatic N) is 2. The lowest BCUT2D eigenvalue weighted by molar-refractivity contribution is 0.0954. The minimum Gasteiger partial charge on any atom is -0.385 e. The molecule has 0 unspecified atom stereocenters. The van der Waals surface area contributed by atoms with Crippen molar-refractivity contribution in [2.75, 3.05) is 18.4 Å². The second-order valence-corrected chi connectivity index (χ2v) is 4.05. The van der Waals surface area contributed by atoms with Gasteiger partial charge in [0.15, 0.2) is 0 Å². The number of amides is 1. The van der Waals surface area contributed by atoms with Crippen LogP contribution in [0, 0.1) is 0 Å². The molecule has 0 aliphatic heterocycles. The molecule has 6 heteroatoms. The van der Waals surface area contributed by atoms with Crippen LogP contribution >= 0.6 is 0 Å². The second-order valence-electron chi connectivity index (χ2n) is 4.05. The number of rotatable bonds is 6.